The van der Waals surface area contributed by atoms with Crippen LogP contribution in [-0.2, 0) is 16.5 Å². The van der Waals surface area contributed by atoms with Gasteiger partial charge in [0.1, 0.15) is 28.7 Å². The van der Waals surface area contributed by atoms with Crippen molar-refractivity contribution in [3.05, 3.63) is 59.7 Å². The molecule has 0 saturated heterocycles. The normalized spacial score (nSPS) is 16.2. The lowest BCUT2D eigenvalue weighted by Gasteiger charge is -2.22. The molecule has 0 N–H and O–H groups in total. The van der Waals surface area contributed by atoms with Gasteiger partial charge in [-0.15, -0.1) is 5.10 Å². The first-order chi connectivity index (χ1) is 10.8. The Kier molecular flexibility index (Phi) is 3.46. The minimum Gasteiger partial charge on any atom is -0.307 e. The molecule has 0 fully saturated rings. The minimum absolute atomic E-state index is 0.0148. The Labute approximate surface area is 142 Å². The van der Waals surface area contributed by atoms with Crippen molar-refractivity contribution in [2.75, 3.05) is 0 Å². The summed E-state index contributed by atoms with van der Waals surface area (Å²) in [6, 6.07) is 16.7. The molecular weight excluding hydrogens is 389 g/mol. The molecule has 1 aliphatic carbocycles. The summed E-state index contributed by atoms with van der Waals surface area (Å²) in [4.78, 5) is 0. The summed E-state index contributed by atoms with van der Waals surface area (Å²) in [6.45, 7) is 0. The van der Waals surface area contributed by atoms with E-state index >= 15 is 0 Å². The maximum atomic E-state index is 5.76. The number of halogens is 1. The van der Waals surface area contributed by atoms with Gasteiger partial charge in [-0.05, 0) is 11.1 Å². The number of hydrogen-bond acceptors (Lipinski definition) is 3. The molecule has 4 rings (SSSR count). The van der Waals surface area contributed by atoms with E-state index in [1.54, 1.807) is 0 Å². The first-order valence-electron chi connectivity index (χ1n) is 7.14. The van der Waals surface area contributed by atoms with Crippen LogP contribution in [0.15, 0.2) is 48.5 Å². The van der Waals surface area contributed by atoms with Gasteiger partial charge in [0.05, 0.1) is 11.8 Å². The number of fused-ring (bicyclic) bond motifs is 5. The molecule has 0 radical (unpaired) electrons. The number of aromatic nitrogens is 3. The number of rotatable bonds is 1. The molecule has 0 spiro atoms. The van der Waals surface area contributed by atoms with Crippen LogP contribution in [0.4, 0.5) is 0 Å². The Morgan fingerprint density at radius 3 is 2.64 bits per heavy atom. The molecular formula is C17H14IN3O. The molecule has 0 saturated carbocycles. The summed E-state index contributed by atoms with van der Waals surface area (Å²) in [5, 5.41) is 8.67. The van der Waals surface area contributed by atoms with Crippen LogP contribution in [0.1, 0.15) is 17.2 Å². The first kappa shape index (κ1) is 13.9. The highest BCUT2D eigenvalue weighted by Crippen LogP contribution is 2.41. The van der Waals surface area contributed by atoms with Crippen LogP contribution >= 0.6 is 23.0 Å². The van der Waals surface area contributed by atoms with Crippen LogP contribution in [0.5, 0.6) is 0 Å². The van der Waals surface area contributed by atoms with E-state index in [2.05, 4.69) is 46.7 Å². The van der Waals surface area contributed by atoms with Crippen molar-refractivity contribution in [1.82, 2.24) is 15.0 Å². The van der Waals surface area contributed by atoms with Crippen LogP contribution < -0.4 is 0 Å². The molecule has 0 amide bonds. The Morgan fingerprint density at radius 2 is 1.82 bits per heavy atom. The second-order valence-electron chi connectivity index (χ2n) is 5.44. The second kappa shape index (κ2) is 5.48. The Hall–Kier alpha value is -1.73. The minimum atomic E-state index is 0.0148. The van der Waals surface area contributed by atoms with Crippen molar-refractivity contribution in [3.63, 3.8) is 0 Å². The van der Waals surface area contributed by atoms with Gasteiger partial charge in [0.25, 0.3) is 0 Å². The van der Waals surface area contributed by atoms with E-state index in [0.717, 1.165) is 28.9 Å². The van der Waals surface area contributed by atoms with Gasteiger partial charge >= 0.3 is 0 Å². The van der Waals surface area contributed by atoms with E-state index < -0.39 is 0 Å². The maximum Gasteiger partial charge on any atom is 0.121 e. The lowest BCUT2D eigenvalue weighted by atomic mass is 9.88. The van der Waals surface area contributed by atoms with E-state index in [0.29, 0.717) is 0 Å². The van der Waals surface area contributed by atoms with Gasteiger partial charge in [0.2, 0.25) is 0 Å². The van der Waals surface area contributed by atoms with Gasteiger partial charge in [-0.2, -0.15) is 0 Å². The van der Waals surface area contributed by atoms with E-state index in [1.165, 1.54) is 11.1 Å². The highest BCUT2D eigenvalue weighted by atomic mass is 127. The molecule has 5 heteroatoms. The monoisotopic (exact) mass is 403 g/mol. The van der Waals surface area contributed by atoms with E-state index in [1.807, 2.05) is 46.9 Å². The van der Waals surface area contributed by atoms with Gasteiger partial charge in [0.15, 0.2) is 0 Å². The van der Waals surface area contributed by atoms with Crippen molar-refractivity contribution in [1.29, 1.82) is 0 Å². The first-order valence-corrected chi connectivity index (χ1v) is 8.02. The quantitative estimate of drug-likeness (QED) is 0.575. The van der Waals surface area contributed by atoms with Crippen LogP contribution in [0.2, 0.25) is 0 Å². The summed E-state index contributed by atoms with van der Waals surface area (Å²) >= 11 is 2.00. The van der Waals surface area contributed by atoms with Crippen LogP contribution in [0, 0.1) is 0 Å². The zero-order valence-corrected chi connectivity index (χ0v) is 14.2. The van der Waals surface area contributed by atoms with Crippen molar-refractivity contribution >= 4 is 23.0 Å². The second-order valence-corrected chi connectivity index (χ2v) is 5.95. The third kappa shape index (κ3) is 2.07. The molecule has 1 aliphatic rings. The molecule has 0 bridgehead atoms. The van der Waals surface area contributed by atoms with Gasteiger partial charge in [-0.25, -0.2) is 4.68 Å². The molecule has 3 aromatic rings. The van der Waals surface area contributed by atoms with Crippen molar-refractivity contribution < 1.29 is 3.07 Å². The number of aryl methyl sites for hydroxylation is 1. The highest BCUT2D eigenvalue weighted by Gasteiger charge is 2.27. The molecule has 110 valence electrons. The molecule has 1 aromatic heterocycles. The predicted octanol–water partition coefficient (Wildman–Crippen LogP) is 4.11. The number of benzene rings is 2. The molecule has 4 nitrogen and oxygen atoms in total. The fourth-order valence-electron chi connectivity index (χ4n) is 3.15. The smallest absolute Gasteiger partial charge is 0.121 e. The average molecular weight is 403 g/mol. The lowest BCUT2D eigenvalue weighted by molar-refractivity contribution is 0.291. The third-order valence-electron chi connectivity index (χ3n) is 4.17. The largest absolute Gasteiger partial charge is 0.307 e. The van der Waals surface area contributed by atoms with E-state index in [-0.39, 0.29) is 6.10 Å². The van der Waals surface area contributed by atoms with Crippen LogP contribution in [0.3, 0.4) is 0 Å². The molecule has 1 atom stereocenters. The maximum absolute atomic E-state index is 5.76. The average Bonchev–Trinajstić information content (AvgIpc) is 2.92. The molecule has 22 heavy (non-hydrogen) atoms. The predicted molar refractivity (Wildman–Crippen MR) is 93.4 cm³/mol. The standard InChI is InChI=1S/C17H14IN3O/c1-21-17-14-9-5-4-8-13(14)15(22-18)10-11-6-2-3-7-12(11)16(17)19-20-21/h2-9,15H,10H2,1H3. The van der Waals surface area contributed by atoms with Crippen LogP contribution in [-0.4, -0.2) is 15.0 Å². The van der Waals surface area contributed by atoms with Crippen molar-refractivity contribution in [3.8, 4) is 22.5 Å². The molecule has 2 aromatic carbocycles. The lowest BCUT2D eigenvalue weighted by Crippen LogP contribution is -2.09. The molecule has 1 unspecified atom stereocenters. The Bertz CT molecular complexity index is 843. The van der Waals surface area contributed by atoms with Gasteiger partial charge < -0.3 is 3.07 Å². The third-order valence-corrected chi connectivity index (χ3v) is 4.79. The zero-order chi connectivity index (χ0) is 15.1. The summed E-state index contributed by atoms with van der Waals surface area (Å²) < 4.78 is 7.61. The summed E-state index contributed by atoms with van der Waals surface area (Å²) in [5.41, 5.74) is 6.68. The zero-order valence-electron chi connectivity index (χ0n) is 12.0. The van der Waals surface area contributed by atoms with Crippen molar-refractivity contribution in [2.45, 2.75) is 12.5 Å². The fourth-order valence-corrected chi connectivity index (χ4v) is 3.61. The summed E-state index contributed by atoms with van der Waals surface area (Å²) in [6.07, 6.45) is 0.840. The number of hydrogen-bond donors (Lipinski definition) is 0. The summed E-state index contributed by atoms with van der Waals surface area (Å²) in [7, 11) is 1.94. The van der Waals surface area contributed by atoms with E-state index in [4.69, 9.17) is 3.07 Å². The molecule has 0 aliphatic heterocycles. The van der Waals surface area contributed by atoms with Gasteiger partial charge in [0, 0.05) is 24.6 Å². The summed E-state index contributed by atoms with van der Waals surface area (Å²) in [5.74, 6) is 0. The van der Waals surface area contributed by atoms with E-state index in [9.17, 15) is 0 Å². The Balaban J connectivity index is 2.09. The fraction of sp³-hybridized carbons (Fsp3) is 0.176. The van der Waals surface area contributed by atoms with Crippen LogP contribution in [0.25, 0.3) is 22.5 Å². The Morgan fingerprint density at radius 1 is 1.09 bits per heavy atom. The SMILES string of the molecule is Cn1nnc2c1-c1ccccc1C(OI)Cc1ccccc1-2. The number of nitrogens with zero attached hydrogens (tertiary/aromatic N) is 3. The van der Waals surface area contributed by atoms with Crippen molar-refractivity contribution in [2.24, 2.45) is 7.05 Å². The van der Waals surface area contributed by atoms with Gasteiger partial charge in [-0.1, -0.05) is 53.7 Å². The highest BCUT2D eigenvalue weighted by molar-refractivity contribution is 14.1. The van der Waals surface area contributed by atoms with Gasteiger partial charge in [-0.3, -0.25) is 0 Å². The topological polar surface area (TPSA) is 39.9 Å². The molecule has 1 heterocycles.